The molecule has 13 heteroatoms. The van der Waals surface area contributed by atoms with Gasteiger partial charge in [-0.2, -0.15) is 9.78 Å². The molecule has 1 fully saturated rings. The molecular weight excluding hydrogens is 557 g/mol. The van der Waals surface area contributed by atoms with Crippen molar-refractivity contribution in [2.45, 2.75) is 45.8 Å². The summed E-state index contributed by atoms with van der Waals surface area (Å²) >= 11 is 0. The Morgan fingerprint density at radius 2 is 1.91 bits per heavy atom. The standard InChI is InChI=1S/C30H34FN7O5/c1-17-33-25-22(36(17)5)9-8-21(26(25)37-14-12-19(16-37)34-29(41)43-30(2,3)4)35-27(39)20-11-13-32-38(28(20)40)23-15-18(31)7-10-24(23)42-6/h7-11,13,15,19H,12,14,16H2,1-6H3,(H,34,41)(H,35,39)/t19-/m0/s1. The number of imidazole rings is 1. The molecule has 1 saturated heterocycles. The van der Waals surface area contributed by atoms with Gasteiger partial charge >= 0.3 is 6.09 Å². The molecule has 2 aromatic carbocycles. The lowest BCUT2D eigenvalue weighted by atomic mass is 10.2. The number of benzene rings is 2. The number of rotatable bonds is 6. The van der Waals surface area contributed by atoms with E-state index in [1.807, 2.05) is 24.6 Å². The number of ether oxygens (including phenoxy) is 2. The Morgan fingerprint density at radius 3 is 2.63 bits per heavy atom. The minimum atomic E-state index is -0.747. The molecule has 4 aromatic rings. The highest BCUT2D eigenvalue weighted by molar-refractivity contribution is 6.09. The predicted molar refractivity (Wildman–Crippen MR) is 160 cm³/mol. The van der Waals surface area contributed by atoms with Crippen molar-refractivity contribution in [3.8, 4) is 11.4 Å². The Bertz CT molecular complexity index is 1780. The van der Waals surface area contributed by atoms with E-state index in [1.165, 1.54) is 31.5 Å². The van der Waals surface area contributed by atoms with E-state index in [-0.39, 0.29) is 23.0 Å². The van der Waals surface area contributed by atoms with Gasteiger partial charge in [-0.05, 0) is 64.4 Å². The average Bonchev–Trinajstić information content (AvgIpc) is 3.50. The number of carbonyl (C=O) groups excluding carboxylic acids is 2. The Balaban J connectivity index is 1.48. The van der Waals surface area contributed by atoms with Crippen LogP contribution < -0.4 is 25.8 Å². The van der Waals surface area contributed by atoms with Gasteiger partial charge in [-0.15, -0.1) is 0 Å². The van der Waals surface area contributed by atoms with Gasteiger partial charge in [0.15, 0.2) is 0 Å². The molecule has 3 heterocycles. The van der Waals surface area contributed by atoms with E-state index in [0.717, 1.165) is 22.1 Å². The minimum Gasteiger partial charge on any atom is -0.494 e. The van der Waals surface area contributed by atoms with Crippen molar-refractivity contribution in [3.05, 3.63) is 70.2 Å². The molecule has 2 N–H and O–H groups in total. The van der Waals surface area contributed by atoms with Crippen molar-refractivity contribution in [2.24, 2.45) is 7.05 Å². The molecule has 0 saturated carbocycles. The first-order chi connectivity index (χ1) is 20.4. The number of alkyl carbamates (subject to hydrolysis) is 1. The number of nitrogens with zero attached hydrogens (tertiary/aromatic N) is 5. The van der Waals surface area contributed by atoms with E-state index in [4.69, 9.17) is 14.5 Å². The monoisotopic (exact) mass is 591 g/mol. The fourth-order valence-corrected chi connectivity index (χ4v) is 5.11. The number of hydrogen-bond donors (Lipinski definition) is 2. The van der Waals surface area contributed by atoms with Gasteiger partial charge in [0.05, 0.1) is 30.0 Å². The maximum Gasteiger partial charge on any atom is 0.407 e. The summed E-state index contributed by atoms with van der Waals surface area (Å²) in [6, 6.07) is 8.42. The zero-order chi connectivity index (χ0) is 31.1. The van der Waals surface area contributed by atoms with E-state index >= 15 is 0 Å². The second-order valence-corrected chi connectivity index (χ2v) is 11.4. The van der Waals surface area contributed by atoms with Gasteiger partial charge < -0.3 is 29.6 Å². The smallest absolute Gasteiger partial charge is 0.407 e. The average molecular weight is 592 g/mol. The molecule has 0 aliphatic carbocycles. The number of aryl methyl sites for hydroxylation is 2. The van der Waals surface area contributed by atoms with E-state index in [9.17, 15) is 18.8 Å². The molecule has 5 rings (SSSR count). The Morgan fingerprint density at radius 1 is 1.14 bits per heavy atom. The molecule has 2 amide bonds. The van der Waals surface area contributed by atoms with Gasteiger partial charge in [-0.1, -0.05) is 0 Å². The highest BCUT2D eigenvalue weighted by Gasteiger charge is 2.30. The normalized spacial score (nSPS) is 15.0. The first kappa shape index (κ1) is 29.5. The highest BCUT2D eigenvalue weighted by atomic mass is 19.1. The summed E-state index contributed by atoms with van der Waals surface area (Å²) in [5.41, 5.74) is 1.14. The van der Waals surface area contributed by atoms with Crippen molar-refractivity contribution < 1.29 is 23.5 Å². The van der Waals surface area contributed by atoms with Gasteiger partial charge in [-0.25, -0.2) is 14.2 Å². The van der Waals surface area contributed by atoms with Crippen LogP contribution in [0.3, 0.4) is 0 Å². The molecule has 2 aromatic heterocycles. The Hall–Kier alpha value is -4.94. The van der Waals surface area contributed by atoms with Crippen LogP contribution in [-0.2, 0) is 11.8 Å². The summed E-state index contributed by atoms with van der Waals surface area (Å²) in [7, 11) is 3.30. The molecule has 0 radical (unpaired) electrons. The van der Waals surface area contributed by atoms with Crippen LogP contribution in [0.4, 0.5) is 20.6 Å². The summed E-state index contributed by atoms with van der Waals surface area (Å²) in [5, 5.41) is 9.86. The van der Waals surface area contributed by atoms with Crippen LogP contribution in [-0.4, -0.2) is 63.2 Å². The number of carbonyl (C=O) groups is 2. The van der Waals surface area contributed by atoms with Gasteiger partial charge in [0.1, 0.15) is 39.8 Å². The number of fused-ring (bicyclic) bond motifs is 1. The number of halogens is 1. The zero-order valence-corrected chi connectivity index (χ0v) is 24.9. The maximum absolute atomic E-state index is 14.0. The maximum atomic E-state index is 14.0. The molecule has 43 heavy (non-hydrogen) atoms. The van der Waals surface area contributed by atoms with Crippen LogP contribution in [0.25, 0.3) is 16.7 Å². The summed E-state index contributed by atoms with van der Waals surface area (Å²) in [6.45, 7) is 8.34. The second kappa shape index (κ2) is 11.4. The number of hydrogen-bond acceptors (Lipinski definition) is 8. The SMILES string of the molecule is COc1ccc(F)cc1-n1nccc(C(=O)Nc2ccc3c(nc(C)n3C)c2N2CC[C@H](NC(=O)OC(C)(C)C)C2)c1=O. The third-order valence-electron chi connectivity index (χ3n) is 7.18. The summed E-state index contributed by atoms with van der Waals surface area (Å²) in [5.74, 6) is -0.265. The lowest BCUT2D eigenvalue weighted by molar-refractivity contribution is 0.0509. The number of amides is 2. The number of methoxy groups -OCH3 is 1. The summed E-state index contributed by atoms with van der Waals surface area (Å²) < 4.78 is 27.6. The highest BCUT2D eigenvalue weighted by Crippen LogP contribution is 2.37. The number of anilines is 2. The summed E-state index contributed by atoms with van der Waals surface area (Å²) in [4.78, 5) is 46.2. The van der Waals surface area contributed by atoms with Crippen LogP contribution in [0.2, 0.25) is 0 Å². The van der Waals surface area contributed by atoms with Crippen molar-refractivity contribution in [1.82, 2.24) is 24.6 Å². The topological polar surface area (TPSA) is 133 Å². The molecular formula is C30H34FN7O5. The van der Waals surface area contributed by atoms with E-state index < -0.39 is 29.0 Å². The van der Waals surface area contributed by atoms with Crippen LogP contribution in [0.15, 0.2) is 47.4 Å². The van der Waals surface area contributed by atoms with Crippen LogP contribution in [0.5, 0.6) is 5.75 Å². The first-order valence-corrected chi connectivity index (χ1v) is 13.8. The van der Waals surface area contributed by atoms with Crippen LogP contribution >= 0.6 is 0 Å². The predicted octanol–water partition coefficient (Wildman–Crippen LogP) is 3.93. The molecule has 0 unspecified atom stereocenters. The Labute approximate surface area is 247 Å². The van der Waals surface area contributed by atoms with Gasteiger partial charge in [0.25, 0.3) is 11.5 Å². The van der Waals surface area contributed by atoms with E-state index in [2.05, 4.69) is 20.6 Å². The van der Waals surface area contributed by atoms with Crippen molar-refractivity contribution in [3.63, 3.8) is 0 Å². The Kier molecular flexibility index (Phi) is 7.82. The molecule has 1 aliphatic rings. The summed E-state index contributed by atoms with van der Waals surface area (Å²) in [6.07, 6.45) is 1.45. The largest absolute Gasteiger partial charge is 0.494 e. The van der Waals surface area contributed by atoms with E-state index in [0.29, 0.717) is 36.4 Å². The van der Waals surface area contributed by atoms with E-state index in [1.54, 1.807) is 26.8 Å². The molecule has 0 spiro atoms. The third kappa shape index (κ3) is 6.01. The van der Waals surface area contributed by atoms with Crippen LogP contribution in [0, 0.1) is 12.7 Å². The fraction of sp³-hybridized carbons (Fsp3) is 0.367. The second-order valence-electron chi connectivity index (χ2n) is 11.4. The van der Waals surface area contributed by atoms with Gasteiger partial charge in [-0.3, -0.25) is 9.59 Å². The third-order valence-corrected chi connectivity index (χ3v) is 7.18. The zero-order valence-electron chi connectivity index (χ0n) is 24.9. The molecule has 1 aliphatic heterocycles. The first-order valence-electron chi connectivity index (χ1n) is 13.8. The van der Waals surface area contributed by atoms with Crippen molar-refractivity contribution in [1.29, 1.82) is 0 Å². The molecule has 0 bridgehead atoms. The molecule has 12 nitrogen and oxygen atoms in total. The minimum absolute atomic E-state index is 0.0637. The van der Waals surface area contributed by atoms with Crippen molar-refractivity contribution in [2.75, 3.05) is 30.4 Å². The quantitative estimate of drug-likeness (QED) is 0.345. The lowest BCUT2D eigenvalue weighted by Crippen LogP contribution is -2.40. The van der Waals surface area contributed by atoms with Gasteiger partial charge in [0, 0.05) is 32.4 Å². The van der Waals surface area contributed by atoms with Crippen LogP contribution in [0.1, 0.15) is 43.4 Å². The molecule has 226 valence electrons. The van der Waals surface area contributed by atoms with Crippen molar-refractivity contribution >= 4 is 34.4 Å². The lowest BCUT2D eigenvalue weighted by Gasteiger charge is -2.24. The number of nitrogens with one attached hydrogen (secondary N) is 2. The number of aromatic nitrogens is 4. The fourth-order valence-electron chi connectivity index (χ4n) is 5.11. The molecule has 1 atom stereocenters. The van der Waals surface area contributed by atoms with Gasteiger partial charge in [0.2, 0.25) is 0 Å².